The maximum Gasteiger partial charge on any atom is 0.209 e. The molecule has 0 radical (unpaired) electrons. The van der Waals surface area contributed by atoms with E-state index in [4.69, 9.17) is 29.2 Å². The molecule has 6 nitrogen and oxygen atoms in total. The molecule has 4 atom stereocenters. The van der Waals surface area contributed by atoms with Crippen LogP contribution < -0.4 is 0 Å². The zero-order valence-corrected chi connectivity index (χ0v) is 8.25. The van der Waals surface area contributed by atoms with Gasteiger partial charge in [0.05, 0.1) is 13.2 Å². The van der Waals surface area contributed by atoms with Gasteiger partial charge in [-0.1, -0.05) is 0 Å². The molecule has 1 fully saturated rings. The van der Waals surface area contributed by atoms with E-state index in [-0.39, 0.29) is 13.2 Å². The van der Waals surface area contributed by atoms with Crippen molar-refractivity contribution in [1.82, 2.24) is 0 Å². The molecule has 84 valence electrons. The van der Waals surface area contributed by atoms with Gasteiger partial charge in [0.2, 0.25) is 12.6 Å². The molecule has 0 aromatic carbocycles. The highest BCUT2D eigenvalue weighted by atomic mass is 16.8. The Morgan fingerprint density at radius 2 is 1.29 bits per heavy atom. The van der Waals surface area contributed by atoms with Gasteiger partial charge in [0.1, 0.15) is 12.2 Å². The van der Waals surface area contributed by atoms with Crippen LogP contribution in [0.15, 0.2) is 0 Å². The largest absolute Gasteiger partial charge is 0.394 e. The molecule has 0 saturated carbocycles. The zero-order chi connectivity index (χ0) is 10.6. The molecular weight excluding hydrogens is 192 g/mol. The Kier molecular flexibility index (Phi) is 4.73. The molecule has 0 bridgehead atoms. The first-order chi connectivity index (χ1) is 6.76. The Labute approximate surface area is 82.3 Å². The molecule has 0 aromatic rings. The van der Waals surface area contributed by atoms with Gasteiger partial charge >= 0.3 is 0 Å². The normalized spacial score (nSPS) is 38.6. The lowest BCUT2D eigenvalue weighted by Crippen LogP contribution is -2.53. The van der Waals surface area contributed by atoms with Gasteiger partial charge in [-0.05, 0) is 0 Å². The van der Waals surface area contributed by atoms with Gasteiger partial charge in [0.15, 0.2) is 0 Å². The average Bonchev–Trinajstić information content (AvgIpc) is 2.26. The predicted molar refractivity (Wildman–Crippen MR) is 45.5 cm³/mol. The molecule has 14 heavy (non-hydrogen) atoms. The lowest BCUT2D eigenvalue weighted by Gasteiger charge is -2.38. The molecule has 1 saturated heterocycles. The van der Waals surface area contributed by atoms with Gasteiger partial charge in [-0.15, -0.1) is 0 Å². The van der Waals surface area contributed by atoms with Crippen LogP contribution in [0.4, 0.5) is 0 Å². The summed E-state index contributed by atoms with van der Waals surface area (Å²) in [5, 5.41) is 17.9. The van der Waals surface area contributed by atoms with Crippen LogP contribution in [-0.2, 0) is 18.9 Å². The Balaban J connectivity index is 2.59. The van der Waals surface area contributed by atoms with E-state index in [2.05, 4.69) is 0 Å². The number of hydrogen-bond donors (Lipinski definition) is 2. The first kappa shape index (κ1) is 11.8. The number of rotatable bonds is 4. The van der Waals surface area contributed by atoms with Crippen molar-refractivity contribution in [1.29, 1.82) is 0 Å². The number of hydrogen-bond acceptors (Lipinski definition) is 6. The van der Waals surface area contributed by atoms with Crippen molar-refractivity contribution in [2.45, 2.75) is 24.8 Å². The molecule has 0 aliphatic carbocycles. The second kappa shape index (κ2) is 5.59. The fourth-order valence-electron chi connectivity index (χ4n) is 1.30. The van der Waals surface area contributed by atoms with Crippen molar-refractivity contribution in [3.63, 3.8) is 0 Å². The van der Waals surface area contributed by atoms with Gasteiger partial charge in [-0.3, -0.25) is 0 Å². The third kappa shape index (κ3) is 2.41. The lowest BCUT2D eigenvalue weighted by atomic mass is 10.2. The molecule has 2 N–H and O–H groups in total. The lowest BCUT2D eigenvalue weighted by molar-refractivity contribution is -0.357. The van der Waals surface area contributed by atoms with Gasteiger partial charge < -0.3 is 29.2 Å². The van der Waals surface area contributed by atoms with Crippen molar-refractivity contribution in [3.8, 4) is 0 Å². The van der Waals surface area contributed by atoms with E-state index in [9.17, 15) is 0 Å². The Morgan fingerprint density at radius 1 is 0.929 bits per heavy atom. The smallest absolute Gasteiger partial charge is 0.209 e. The highest BCUT2D eigenvalue weighted by molar-refractivity contribution is 4.76. The third-order valence-electron chi connectivity index (χ3n) is 2.08. The molecule has 1 aliphatic rings. The summed E-state index contributed by atoms with van der Waals surface area (Å²) in [5.74, 6) is 0. The van der Waals surface area contributed by atoms with Gasteiger partial charge in [0.25, 0.3) is 0 Å². The van der Waals surface area contributed by atoms with Gasteiger partial charge in [0, 0.05) is 14.2 Å². The molecule has 0 unspecified atom stereocenters. The van der Waals surface area contributed by atoms with Crippen molar-refractivity contribution in [2.75, 3.05) is 27.4 Å². The molecular formula is C8H16O6. The number of aliphatic hydroxyl groups excluding tert-OH is 2. The van der Waals surface area contributed by atoms with E-state index in [1.165, 1.54) is 14.2 Å². The summed E-state index contributed by atoms with van der Waals surface area (Å²) < 4.78 is 20.5. The first-order valence-corrected chi connectivity index (χ1v) is 4.35. The summed E-state index contributed by atoms with van der Waals surface area (Å²) in [5.41, 5.74) is 0. The molecule has 1 aliphatic heterocycles. The van der Waals surface area contributed by atoms with Crippen molar-refractivity contribution in [3.05, 3.63) is 0 Å². The van der Waals surface area contributed by atoms with E-state index < -0.39 is 24.8 Å². The first-order valence-electron chi connectivity index (χ1n) is 4.35. The van der Waals surface area contributed by atoms with Gasteiger partial charge in [-0.25, -0.2) is 0 Å². The van der Waals surface area contributed by atoms with Crippen LogP contribution in [0.3, 0.4) is 0 Å². The van der Waals surface area contributed by atoms with Crippen LogP contribution in [-0.4, -0.2) is 62.4 Å². The number of aliphatic hydroxyl groups is 2. The predicted octanol–water partition coefficient (Wildman–Crippen LogP) is -1.30. The van der Waals surface area contributed by atoms with Crippen molar-refractivity contribution in [2.24, 2.45) is 0 Å². The SMILES string of the molecule is CO[C@H]1O[C@H](CO)[C@@H](CO)O[C@@H]1OC. The minimum Gasteiger partial charge on any atom is -0.394 e. The number of methoxy groups -OCH3 is 2. The molecule has 1 rings (SSSR count). The zero-order valence-electron chi connectivity index (χ0n) is 8.25. The van der Waals surface area contributed by atoms with Crippen LogP contribution in [0.5, 0.6) is 0 Å². The summed E-state index contributed by atoms with van der Waals surface area (Å²) in [7, 11) is 2.90. The summed E-state index contributed by atoms with van der Waals surface area (Å²) in [6.07, 6.45) is -2.53. The highest BCUT2D eigenvalue weighted by Gasteiger charge is 2.38. The van der Waals surface area contributed by atoms with E-state index in [0.29, 0.717) is 0 Å². The summed E-state index contributed by atoms with van der Waals surface area (Å²) in [4.78, 5) is 0. The maximum absolute atomic E-state index is 8.95. The summed E-state index contributed by atoms with van der Waals surface area (Å²) >= 11 is 0. The van der Waals surface area contributed by atoms with Crippen LogP contribution in [0.1, 0.15) is 0 Å². The monoisotopic (exact) mass is 208 g/mol. The molecule has 0 aromatic heterocycles. The van der Waals surface area contributed by atoms with Crippen molar-refractivity contribution >= 4 is 0 Å². The maximum atomic E-state index is 8.95. The summed E-state index contributed by atoms with van der Waals surface area (Å²) in [6, 6.07) is 0. The quantitative estimate of drug-likeness (QED) is 0.598. The van der Waals surface area contributed by atoms with Crippen LogP contribution in [0.25, 0.3) is 0 Å². The fourth-order valence-corrected chi connectivity index (χ4v) is 1.30. The standard InChI is InChI=1S/C8H16O6/c1-11-7-8(12-2)14-6(4-10)5(3-9)13-7/h5-10H,3-4H2,1-2H3/t5-,6-,7+,8+/m1/s1. The minimum atomic E-state index is -0.681. The van der Waals surface area contributed by atoms with Crippen LogP contribution in [0, 0.1) is 0 Å². The van der Waals surface area contributed by atoms with Crippen LogP contribution >= 0.6 is 0 Å². The van der Waals surface area contributed by atoms with E-state index in [1.54, 1.807) is 0 Å². The Morgan fingerprint density at radius 3 is 1.50 bits per heavy atom. The fraction of sp³-hybridized carbons (Fsp3) is 1.00. The number of ether oxygens (including phenoxy) is 4. The molecule has 1 heterocycles. The summed E-state index contributed by atoms with van der Waals surface area (Å²) in [6.45, 7) is -0.469. The second-order valence-corrected chi connectivity index (χ2v) is 2.92. The van der Waals surface area contributed by atoms with E-state index >= 15 is 0 Å². The van der Waals surface area contributed by atoms with Gasteiger partial charge in [-0.2, -0.15) is 0 Å². The average molecular weight is 208 g/mol. The topological polar surface area (TPSA) is 77.4 Å². The highest BCUT2D eigenvalue weighted by Crippen LogP contribution is 2.21. The van der Waals surface area contributed by atoms with Crippen LogP contribution in [0.2, 0.25) is 0 Å². The molecule has 6 heteroatoms. The third-order valence-corrected chi connectivity index (χ3v) is 2.08. The second-order valence-electron chi connectivity index (χ2n) is 2.92. The molecule has 0 spiro atoms. The Bertz CT molecular complexity index is 130. The Hall–Kier alpha value is -0.240. The van der Waals surface area contributed by atoms with E-state index in [0.717, 1.165) is 0 Å². The van der Waals surface area contributed by atoms with E-state index in [1.807, 2.05) is 0 Å². The van der Waals surface area contributed by atoms with Crippen molar-refractivity contribution < 1.29 is 29.2 Å². The molecule has 0 amide bonds. The minimum absolute atomic E-state index is 0.235.